The average Bonchev–Trinajstić information content (AvgIpc) is 0.857. The molecule has 0 heterocycles. The molecule has 0 unspecified atom stereocenters. The number of carbonyl (C=O) groups is 18. The highest BCUT2D eigenvalue weighted by Gasteiger charge is 2.38. The van der Waals surface area contributed by atoms with Gasteiger partial charge in [0.1, 0.15) is 84.0 Å². The van der Waals surface area contributed by atoms with Gasteiger partial charge in [-0.15, -0.1) is 0 Å². The summed E-state index contributed by atoms with van der Waals surface area (Å²) in [6.45, 7) is -0.492. The second-order valence-corrected chi connectivity index (χ2v) is 25.9. The second kappa shape index (κ2) is 48.1. The standard InChI is InChI=1S/C65H96N16O27S/c1-30(2)52(81-63(105)46(29-84)79-56(98)37(16-17-47(68)87)72-61(103)44(27-82)78-53(95)31(3)70-54(96)36(67)7-5-6-19-66)64(106)77-43(25-51(93)94)60(102)74-40(22-33-10-14-35(86)15-11-33)58(100)76-41(23-49(89)90)55(97)69-26-48(88)71-42(24-50(91)92)59(101)80-45(28-83)62(104)75-39(21-32-8-12-34(85)13-9-32)57(99)73-38(65(107)108)18-20-109-4/h8-15,30-31,36-46,52,82-86H,5-7,16-29,66-67H2,1-4H3,(H2,68,87)(H,69,97)(H,70,96)(H,71,88)(H,72,103)(H,73,99)(H,74,102)(H,75,104)(H,76,100)(H,77,106)(H,78,95)(H,79,98)(H,80,101)(H,81,105)(H,89,90)(H,91,92)(H,93,94)(H,107,108)/t31-,36-,37-,38-,39-,40-,41-,42-,43-,44-,45-,46-,52-/m0/s1. The molecule has 2 rings (SSSR count). The lowest BCUT2D eigenvalue weighted by molar-refractivity contribution is -0.142. The summed E-state index contributed by atoms with van der Waals surface area (Å²) in [6, 6.07) is -13.2. The highest BCUT2D eigenvalue weighted by atomic mass is 32.2. The molecule has 2 aromatic carbocycles. The fraction of sp³-hybridized carbons (Fsp3) is 0.538. The van der Waals surface area contributed by atoms with Crippen LogP contribution in [0.25, 0.3) is 0 Å². The number of carboxylic acids is 4. The van der Waals surface area contributed by atoms with Crippen LogP contribution in [0.2, 0.25) is 0 Å². The third-order valence-corrected chi connectivity index (χ3v) is 16.4. The van der Waals surface area contributed by atoms with Crippen LogP contribution in [0.3, 0.4) is 0 Å². The predicted molar refractivity (Wildman–Crippen MR) is 378 cm³/mol. The number of thioether (sulfide) groups is 1. The number of carbonyl (C=O) groups excluding carboxylic acids is 14. The number of rotatable bonds is 51. The number of hydrogen-bond acceptors (Lipinski definition) is 26. The molecule has 0 bridgehead atoms. The van der Waals surface area contributed by atoms with E-state index >= 15 is 0 Å². The van der Waals surface area contributed by atoms with E-state index in [2.05, 4.69) is 53.2 Å². The fourth-order valence-corrected chi connectivity index (χ4v) is 10.2. The Hall–Kier alpha value is -11.3. The molecule has 2 aromatic rings. The number of amides is 14. The van der Waals surface area contributed by atoms with E-state index in [9.17, 15) is 132 Å². The Morgan fingerprint density at radius 1 is 0.413 bits per heavy atom. The number of aliphatic hydroxyl groups excluding tert-OH is 3. The Morgan fingerprint density at radius 2 is 0.780 bits per heavy atom. The number of hydrogen-bond donors (Lipinski definition) is 25. The van der Waals surface area contributed by atoms with Gasteiger partial charge in [-0.25, -0.2) is 4.79 Å². The number of nitrogens with one attached hydrogen (secondary N) is 13. The third kappa shape index (κ3) is 34.8. The van der Waals surface area contributed by atoms with Gasteiger partial charge in [0, 0.05) is 19.3 Å². The third-order valence-electron chi connectivity index (χ3n) is 15.8. The predicted octanol–water partition coefficient (Wildman–Crippen LogP) is -9.55. The van der Waals surface area contributed by atoms with Crippen molar-refractivity contribution in [2.75, 3.05) is 44.9 Å². The van der Waals surface area contributed by atoms with E-state index in [1.165, 1.54) is 68.9 Å². The van der Waals surface area contributed by atoms with Crippen molar-refractivity contribution in [2.45, 2.75) is 170 Å². The van der Waals surface area contributed by atoms with Crippen LogP contribution in [0, 0.1) is 5.92 Å². The molecule has 0 aliphatic heterocycles. The van der Waals surface area contributed by atoms with Gasteiger partial charge in [-0.3, -0.25) is 81.5 Å². The van der Waals surface area contributed by atoms with E-state index < -0.39 is 256 Å². The van der Waals surface area contributed by atoms with Crippen LogP contribution >= 0.6 is 11.8 Å². The van der Waals surface area contributed by atoms with Crippen molar-refractivity contribution in [3.63, 3.8) is 0 Å². The Kier molecular flexibility index (Phi) is 41.3. The number of aliphatic carboxylic acids is 4. The van der Waals surface area contributed by atoms with Crippen molar-refractivity contribution >= 4 is 118 Å². The van der Waals surface area contributed by atoms with E-state index in [0.717, 1.165) is 12.1 Å². The summed E-state index contributed by atoms with van der Waals surface area (Å²) in [4.78, 5) is 237. The molecule has 14 amide bonds. The van der Waals surface area contributed by atoms with Crippen LogP contribution < -0.4 is 86.3 Å². The van der Waals surface area contributed by atoms with Gasteiger partial charge in [0.25, 0.3) is 0 Å². The average molecular weight is 1570 g/mol. The topological polar surface area (TPSA) is 724 Å². The minimum atomic E-state index is -2.18. The summed E-state index contributed by atoms with van der Waals surface area (Å²) in [6.07, 6.45) is -2.95. The van der Waals surface area contributed by atoms with Crippen LogP contribution in [-0.2, 0) is 99.1 Å². The quantitative estimate of drug-likeness (QED) is 0.0274. The van der Waals surface area contributed by atoms with Crippen LogP contribution in [0.15, 0.2) is 48.5 Å². The molecule has 28 N–H and O–H groups in total. The van der Waals surface area contributed by atoms with Crippen LogP contribution in [-0.4, -0.2) is 276 Å². The van der Waals surface area contributed by atoms with Crippen LogP contribution in [0.5, 0.6) is 11.5 Å². The largest absolute Gasteiger partial charge is 0.508 e. The summed E-state index contributed by atoms with van der Waals surface area (Å²) >= 11 is 1.28. The van der Waals surface area contributed by atoms with E-state index in [-0.39, 0.29) is 36.3 Å². The Bertz CT molecular complexity index is 3520. The van der Waals surface area contributed by atoms with Crippen molar-refractivity contribution in [1.82, 2.24) is 69.1 Å². The normalized spacial score (nSPS) is 14.6. The first-order valence-electron chi connectivity index (χ1n) is 33.7. The van der Waals surface area contributed by atoms with Crippen molar-refractivity contribution in [2.24, 2.45) is 23.1 Å². The molecule has 0 aliphatic carbocycles. The maximum Gasteiger partial charge on any atom is 0.326 e. The SMILES string of the molecule is CSCC[C@H](NC(=O)[C@H](Cc1ccc(O)cc1)NC(=O)[C@H](CO)NC(=O)[C@H](CC(=O)O)NC(=O)CNC(=O)[C@H](CC(=O)O)NC(=O)[C@H](Cc1ccc(O)cc1)NC(=O)[C@H](CC(=O)O)NC(=O)[C@@H](NC(=O)[C@H](CO)NC(=O)[C@H](CCC(N)=O)NC(=O)[C@H](CO)NC(=O)[C@H](C)NC(=O)[C@@H](N)CCCCN)C(C)C)C(=O)O. The number of nitrogens with two attached hydrogens (primary N) is 3. The molecule has 0 radical (unpaired) electrons. The molecular formula is C65H96N16O27S. The zero-order chi connectivity index (χ0) is 82.4. The molecule has 0 aromatic heterocycles. The first-order valence-corrected chi connectivity index (χ1v) is 35.1. The van der Waals surface area contributed by atoms with Crippen LogP contribution in [0.4, 0.5) is 0 Å². The first-order chi connectivity index (χ1) is 51.3. The lowest BCUT2D eigenvalue weighted by Gasteiger charge is -2.28. The zero-order valence-corrected chi connectivity index (χ0v) is 60.6. The van der Waals surface area contributed by atoms with E-state index in [0.29, 0.717) is 30.7 Å². The summed E-state index contributed by atoms with van der Waals surface area (Å²) in [5.41, 5.74) is 17.1. The number of unbranched alkanes of at least 4 members (excludes halogenated alkanes) is 1. The smallest absolute Gasteiger partial charge is 0.326 e. The summed E-state index contributed by atoms with van der Waals surface area (Å²) in [5.74, 6) is -25.1. The maximum absolute atomic E-state index is 14.2. The molecule has 44 heteroatoms. The first kappa shape index (κ1) is 93.7. The van der Waals surface area contributed by atoms with Crippen molar-refractivity contribution in [3.05, 3.63) is 59.7 Å². The van der Waals surface area contributed by atoms with Gasteiger partial charge < -0.3 is 132 Å². The highest BCUT2D eigenvalue weighted by molar-refractivity contribution is 7.98. The Labute approximate surface area is 626 Å². The second-order valence-electron chi connectivity index (χ2n) is 24.9. The molecule has 13 atom stereocenters. The van der Waals surface area contributed by atoms with Crippen LogP contribution in [0.1, 0.15) is 89.7 Å². The molecule has 0 spiro atoms. The highest BCUT2D eigenvalue weighted by Crippen LogP contribution is 2.16. The van der Waals surface area contributed by atoms with Gasteiger partial charge in [0.2, 0.25) is 82.7 Å². The van der Waals surface area contributed by atoms with Crippen molar-refractivity contribution in [3.8, 4) is 11.5 Å². The van der Waals surface area contributed by atoms with Gasteiger partial charge >= 0.3 is 23.9 Å². The molecule has 0 aliphatic rings. The van der Waals surface area contributed by atoms with Gasteiger partial charge in [-0.2, -0.15) is 11.8 Å². The number of phenols is 2. The molecule has 0 saturated carbocycles. The molecular weight excluding hydrogens is 1470 g/mol. The van der Waals surface area contributed by atoms with Crippen molar-refractivity contribution in [1.29, 1.82) is 0 Å². The van der Waals surface area contributed by atoms with Crippen molar-refractivity contribution < 1.29 is 132 Å². The summed E-state index contributed by atoms with van der Waals surface area (Å²) < 4.78 is 0. The lowest BCUT2D eigenvalue weighted by atomic mass is 10.0. The number of phenolic OH excluding ortho intramolecular Hbond substituents is 2. The number of carboxylic acid groups (broad SMARTS) is 4. The van der Waals surface area contributed by atoms with E-state index in [1.807, 2.05) is 16.0 Å². The van der Waals surface area contributed by atoms with E-state index in [1.54, 1.807) is 6.26 Å². The number of aromatic hydroxyl groups is 2. The van der Waals surface area contributed by atoms with Gasteiger partial charge in [0.15, 0.2) is 0 Å². The number of primary amides is 1. The minimum Gasteiger partial charge on any atom is -0.508 e. The summed E-state index contributed by atoms with van der Waals surface area (Å²) in [7, 11) is 0. The Balaban J connectivity index is 2.38. The zero-order valence-electron chi connectivity index (χ0n) is 59.7. The number of aliphatic hydroxyl groups is 3. The number of benzene rings is 2. The molecule has 43 nitrogen and oxygen atoms in total. The molecule has 0 fully saturated rings. The fourth-order valence-electron chi connectivity index (χ4n) is 9.75. The van der Waals surface area contributed by atoms with Gasteiger partial charge in [-0.1, -0.05) is 44.5 Å². The monoisotopic (exact) mass is 1560 g/mol. The molecule has 604 valence electrons. The lowest BCUT2D eigenvalue weighted by Crippen LogP contribution is -2.62. The van der Waals surface area contributed by atoms with Gasteiger partial charge in [-0.05, 0) is 92.5 Å². The van der Waals surface area contributed by atoms with Gasteiger partial charge in [0.05, 0.1) is 51.7 Å². The Morgan fingerprint density at radius 3 is 1.19 bits per heavy atom. The molecule has 0 saturated heterocycles. The minimum absolute atomic E-state index is 0.0419. The summed E-state index contributed by atoms with van der Waals surface area (Å²) in [5, 5.41) is 118. The van der Waals surface area contributed by atoms with E-state index in [4.69, 9.17) is 17.2 Å². The maximum atomic E-state index is 14.2. The molecule has 109 heavy (non-hydrogen) atoms.